The van der Waals surface area contributed by atoms with Crippen LogP contribution < -0.4 is 10.6 Å². The van der Waals surface area contributed by atoms with Gasteiger partial charge in [-0.05, 0) is 0 Å². The molecule has 1 aromatic rings. The summed E-state index contributed by atoms with van der Waals surface area (Å²) in [6.07, 6.45) is 3.22. The molecule has 0 atom stereocenters. The molecule has 2 rings (SSSR count). The van der Waals surface area contributed by atoms with Crippen molar-refractivity contribution in [3.8, 4) is 0 Å². The number of nitrogens with zero attached hydrogens (tertiary/aromatic N) is 3. The fourth-order valence-electron chi connectivity index (χ4n) is 0.773. The van der Waals surface area contributed by atoms with Crippen molar-refractivity contribution >= 4 is 11.5 Å². The molecule has 1 N–H and O–H groups in total. The van der Waals surface area contributed by atoms with E-state index in [1.165, 1.54) is 6.33 Å². The summed E-state index contributed by atoms with van der Waals surface area (Å²) in [4.78, 5) is 7.74. The largest absolute Gasteiger partial charge is 0.362 e. The maximum absolute atomic E-state index is 4.04. The molecular weight excluding hydrogens is 116 g/mol. The van der Waals surface area contributed by atoms with E-state index >= 15 is 0 Å². The average molecular weight is 121 g/mol. The smallest absolute Gasteiger partial charge is 0.175 e. The van der Waals surface area contributed by atoms with Crippen LogP contribution in [0.1, 0.15) is 0 Å². The number of aromatic nitrogens is 2. The van der Waals surface area contributed by atoms with Crippen LogP contribution in [0.2, 0.25) is 0 Å². The predicted molar refractivity (Wildman–Crippen MR) is 32.3 cm³/mol. The molecule has 0 amide bonds. The van der Waals surface area contributed by atoms with Crippen LogP contribution in [-0.4, -0.2) is 16.6 Å². The second kappa shape index (κ2) is 1.58. The molecule has 4 heteroatoms. The number of anilines is 1. The molecule has 0 fully saturated rings. The van der Waals surface area contributed by atoms with Crippen LogP contribution in [0.25, 0.3) is 0 Å². The molecule has 0 unspecified atom stereocenters. The summed E-state index contributed by atoms with van der Waals surface area (Å²) in [6, 6.07) is 0. The molecule has 1 aliphatic heterocycles. The minimum Gasteiger partial charge on any atom is -0.362 e. The molecule has 2 heterocycles. The standard InChI is InChI=1S/C5H5N4/c1-4-5(8-2-6-1)9-3-7-4/h1-2,7H,3H2. The van der Waals surface area contributed by atoms with Gasteiger partial charge in [0.05, 0.1) is 11.9 Å². The van der Waals surface area contributed by atoms with Gasteiger partial charge in [0, 0.05) is 0 Å². The summed E-state index contributed by atoms with van der Waals surface area (Å²) >= 11 is 0. The normalized spacial score (nSPS) is 13.8. The van der Waals surface area contributed by atoms with Crippen molar-refractivity contribution < 1.29 is 0 Å². The Morgan fingerprint density at radius 1 is 1.56 bits per heavy atom. The van der Waals surface area contributed by atoms with Gasteiger partial charge in [0.1, 0.15) is 13.0 Å². The Morgan fingerprint density at radius 3 is 3.44 bits per heavy atom. The highest BCUT2D eigenvalue weighted by Crippen LogP contribution is 2.19. The van der Waals surface area contributed by atoms with Gasteiger partial charge >= 0.3 is 0 Å². The lowest BCUT2D eigenvalue weighted by atomic mass is 10.5. The van der Waals surface area contributed by atoms with Gasteiger partial charge in [-0.15, -0.1) is 0 Å². The molecule has 0 bridgehead atoms. The minimum atomic E-state index is 0.633. The van der Waals surface area contributed by atoms with Crippen LogP contribution in [0.5, 0.6) is 0 Å². The predicted octanol–water partition coefficient (Wildman–Crippen LogP) is 0.0955. The van der Waals surface area contributed by atoms with Crippen LogP contribution >= 0.6 is 0 Å². The summed E-state index contributed by atoms with van der Waals surface area (Å²) in [5.74, 6) is 0.769. The summed E-state index contributed by atoms with van der Waals surface area (Å²) in [5.41, 5.74) is 0.928. The zero-order chi connectivity index (χ0) is 6.10. The first-order valence-corrected chi connectivity index (χ1v) is 2.68. The third kappa shape index (κ3) is 0.595. The van der Waals surface area contributed by atoms with Crippen LogP contribution in [0, 0.1) is 0 Å². The first-order valence-electron chi connectivity index (χ1n) is 2.68. The second-order valence-corrected chi connectivity index (χ2v) is 1.75. The SMILES string of the molecule is c1ncc2c(n1)[N]CN2. The molecule has 0 saturated heterocycles. The van der Waals surface area contributed by atoms with Crippen LogP contribution in [0.3, 0.4) is 0 Å². The van der Waals surface area contributed by atoms with E-state index in [1.54, 1.807) is 6.20 Å². The molecule has 1 radical (unpaired) electrons. The first-order chi connectivity index (χ1) is 4.47. The Labute approximate surface area is 52.3 Å². The lowest BCUT2D eigenvalue weighted by molar-refractivity contribution is 0.949. The summed E-state index contributed by atoms with van der Waals surface area (Å²) in [7, 11) is 0. The lowest BCUT2D eigenvalue weighted by Crippen LogP contribution is -1.98. The van der Waals surface area contributed by atoms with Crippen molar-refractivity contribution in [2.75, 3.05) is 12.0 Å². The molecule has 0 aromatic carbocycles. The Kier molecular flexibility index (Phi) is 0.798. The van der Waals surface area contributed by atoms with E-state index in [4.69, 9.17) is 0 Å². The van der Waals surface area contributed by atoms with Crippen LogP contribution in [0.4, 0.5) is 11.5 Å². The molecule has 0 spiro atoms. The van der Waals surface area contributed by atoms with Gasteiger partial charge in [0.25, 0.3) is 0 Å². The zero-order valence-corrected chi connectivity index (χ0v) is 4.70. The lowest BCUT2D eigenvalue weighted by Gasteiger charge is -1.89. The van der Waals surface area contributed by atoms with E-state index < -0.39 is 0 Å². The number of hydrogen-bond donors (Lipinski definition) is 1. The molecule has 1 aliphatic rings. The topological polar surface area (TPSA) is 51.9 Å². The number of fused-ring (bicyclic) bond motifs is 1. The van der Waals surface area contributed by atoms with Crippen LogP contribution in [-0.2, 0) is 0 Å². The Hall–Kier alpha value is -1.32. The zero-order valence-electron chi connectivity index (χ0n) is 4.70. The second-order valence-electron chi connectivity index (χ2n) is 1.75. The molecule has 45 valence electrons. The molecule has 1 aromatic heterocycles. The number of nitrogens with one attached hydrogen (secondary N) is 1. The van der Waals surface area contributed by atoms with E-state index in [0.717, 1.165) is 11.5 Å². The quantitative estimate of drug-likeness (QED) is 0.529. The summed E-state index contributed by atoms with van der Waals surface area (Å²) in [6.45, 7) is 0.633. The fourth-order valence-corrected chi connectivity index (χ4v) is 0.773. The first kappa shape index (κ1) is 4.55. The van der Waals surface area contributed by atoms with E-state index in [9.17, 15) is 0 Å². The monoisotopic (exact) mass is 121 g/mol. The maximum atomic E-state index is 4.04. The van der Waals surface area contributed by atoms with Gasteiger partial charge in [0.2, 0.25) is 0 Å². The molecule has 0 aliphatic carbocycles. The third-order valence-corrected chi connectivity index (χ3v) is 1.19. The van der Waals surface area contributed by atoms with E-state index in [2.05, 4.69) is 20.6 Å². The minimum absolute atomic E-state index is 0.633. The van der Waals surface area contributed by atoms with Gasteiger partial charge in [-0.2, -0.15) is 0 Å². The number of hydrogen-bond acceptors (Lipinski definition) is 3. The molecular formula is C5H5N4. The van der Waals surface area contributed by atoms with Gasteiger partial charge in [-0.25, -0.2) is 15.3 Å². The maximum Gasteiger partial charge on any atom is 0.175 e. The van der Waals surface area contributed by atoms with Gasteiger partial charge < -0.3 is 5.32 Å². The van der Waals surface area contributed by atoms with Gasteiger partial charge in [0.15, 0.2) is 5.82 Å². The number of rotatable bonds is 0. The van der Waals surface area contributed by atoms with Crippen LogP contribution in [0.15, 0.2) is 12.5 Å². The van der Waals surface area contributed by atoms with E-state index in [0.29, 0.717) is 6.67 Å². The Balaban J connectivity index is 2.54. The fraction of sp³-hybridized carbons (Fsp3) is 0.200. The highest BCUT2D eigenvalue weighted by molar-refractivity contribution is 5.61. The Morgan fingerprint density at radius 2 is 2.56 bits per heavy atom. The highest BCUT2D eigenvalue weighted by atomic mass is 15.2. The molecule has 4 nitrogen and oxygen atoms in total. The van der Waals surface area contributed by atoms with Crippen molar-refractivity contribution in [2.45, 2.75) is 0 Å². The summed E-state index contributed by atoms with van der Waals surface area (Å²) in [5, 5.41) is 7.05. The van der Waals surface area contributed by atoms with Crippen molar-refractivity contribution in [1.29, 1.82) is 0 Å². The van der Waals surface area contributed by atoms with E-state index in [1.807, 2.05) is 0 Å². The molecule has 0 saturated carbocycles. The van der Waals surface area contributed by atoms with Gasteiger partial charge in [-0.1, -0.05) is 0 Å². The average Bonchev–Trinajstić information content (AvgIpc) is 2.33. The summed E-state index contributed by atoms with van der Waals surface area (Å²) < 4.78 is 0. The third-order valence-electron chi connectivity index (χ3n) is 1.19. The van der Waals surface area contributed by atoms with Crippen molar-refractivity contribution in [3.63, 3.8) is 0 Å². The van der Waals surface area contributed by atoms with E-state index in [-0.39, 0.29) is 0 Å². The van der Waals surface area contributed by atoms with Crippen molar-refractivity contribution in [3.05, 3.63) is 12.5 Å². The Bertz CT molecular complexity index is 199. The highest BCUT2D eigenvalue weighted by Gasteiger charge is 2.09. The van der Waals surface area contributed by atoms with Crippen molar-refractivity contribution in [1.82, 2.24) is 15.3 Å². The molecule has 9 heavy (non-hydrogen) atoms. The van der Waals surface area contributed by atoms with Crippen molar-refractivity contribution in [2.24, 2.45) is 0 Å². The van der Waals surface area contributed by atoms with Gasteiger partial charge in [-0.3, -0.25) is 0 Å².